The number of nitrogens with two attached hydrogens (primary N) is 1. The van der Waals surface area contributed by atoms with Crippen molar-refractivity contribution in [2.75, 3.05) is 13.2 Å². The molecule has 3 N–H and O–H groups in total. The van der Waals surface area contributed by atoms with Gasteiger partial charge in [0, 0.05) is 25.4 Å². The Balaban J connectivity index is 2.51. The summed E-state index contributed by atoms with van der Waals surface area (Å²) >= 11 is 3.50. The molecule has 6 heteroatoms. The lowest BCUT2D eigenvalue weighted by Crippen LogP contribution is -2.42. The van der Waals surface area contributed by atoms with Crippen molar-refractivity contribution in [1.29, 1.82) is 0 Å². The third-order valence-electron chi connectivity index (χ3n) is 3.91. The number of aliphatic hydroxyl groups excluding tert-OH is 1. The van der Waals surface area contributed by atoms with Crippen molar-refractivity contribution < 1.29 is 9.50 Å². The molecule has 0 aliphatic rings. The number of benzene rings is 1. The third kappa shape index (κ3) is 2.88. The van der Waals surface area contributed by atoms with Crippen LogP contribution in [0.3, 0.4) is 0 Å². The zero-order valence-electron chi connectivity index (χ0n) is 12.1. The number of nitrogens with zero attached hydrogens (tertiary/aromatic N) is 2. The maximum Gasteiger partial charge on any atom is 0.127 e. The fraction of sp³-hybridized carbons (Fsp3) is 0.400. The van der Waals surface area contributed by atoms with E-state index in [0.29, 0.717) is 12.0 Å². The second kappa shape index (κ2) is 6.25. The number of aryl methyl sites for hydroxylation is 2. The second-order valence-corrected chi connectivity index (χ2v) is 6.06. The van der Waals surface area contributed by atoms with E-state index in [0.717, 1.165) is 15.9 Å². The lowest BCUT2D eigenvalue weighted by Gasteiger charge is -2.31. The van der Waals surface area contributed by atoms with Gasteiger partial charge in [-0.1, -0.05) is 18.2 Å². The van der Waals surface area contributed by atoms with Crippen LogP contribution in [-0.4, -0.2) is 28.0 Å². The smallest absolute Gasteiger partial charge is 0.127 e. The molecule has 2 rings (SSSR count). The van der Waals surface area contributed by atoms with E-state index in [4.69, 9.17) is 5.73 Å². The lowest BCUT2D eigenvalue weighted by molar-refractivity contribution is 0.190. The first kappa shape index (κ1) is 16.1. The molecule has 2 aromatic rings. The van der Waals surface area contributed by atoms with E-state index < -0.39 is 5.41 Å². The molecule has 0 spiro atoms. The van der Waals surface area contributed by atoms with Gasteiger partial charge in [0.25, 0.3) is 0 Å². The van der Waals surface area contributed by atoms with Gasteiger partial charge in [-0.2, -0.15) is 5.10 Å². The Kier molecular flexibility index (Phi) is 4.81. The molecule has 0 amide bonds. The van der Waals surface area contributed by atoms with Crippen molar-refractivity contribution in [3.63, 3.8) is 0 Å². The number of hydrogen-bond donors (Lipinski definition) is 2. The minimum absolute atomic E-state index is 0.140. The largest absolute Gasteiger partial charge is 0.395 e. The molecule has 1 atom stereocenters. The van der Waals surface area contributed by atoms with Crippen LogP contribution in [0.2, 0.25) is 0 Å². The van der Waals surface area contributed by atoms with Gasteiger partial charge >= 0.3 is 0 Å². The highest BCUT2D eigenvalue weighted by atomic mass is 79.9. The Morgan fingerprint density at radius 2 is 2.10 bits per heavy atom. The van der Waals surface area contributed by atoms with Gasteiger partial charge in [-0.15, -0.1) is 0 Å². The van der Waals surface area contributed by atoms with Crippen molar-refractivity contribution >= 4 is 15.9 Å². The minimum atomic E-state index is -0.867. The molecular formula is C15H19BrFN3O. The Morgan fingerprint density at radius 3 is 2.57 bits per heavy atom. The Hall–Kier alpha value is -1.24. The van der Waals surface area contributed by atoms with E-state index in [1.165, 1.54) is 6.07 Å². The molecule has 0 aliphatic carbocycles. The van der Waals surface area contributed by atoms with Crippen LogP contribution in [0.4, 0.5) is 4.39 Å². The van der Waals surface area contributed by atoms with Gasteiger partial charge in [-0.3, -0.25) is 4.68 Å². The molecule has 1 heterocycles. The highest BCUT2D eigenvalue weighted by Gasteiger charge is 2.35. The van der Waals surface area contributed by atoms with Crippen molar-refractivity contribution in [1.82, 2.24) is 9.78 Å². The molecule has 1 unspecified atom stereocenters. The van der Waals surface area contributed by atoms with Crippen LogP contribution in [0.1, 0.15) is 17.0 Å². The molecule has 0 saturated heterocycles. The number of halogens is 2. The molecule has 0 saturated carbocycles. The summed E-state index contributed by atoms with van der Waals surface area (Å²) in [6.07, 6.45) is 0.402. The van der Waals surface area contributed by atoms with Gasteiger partial charge in [0.15, 0.2) is 0 Å². The average Bonchev–Trinajstić information content (AvgIpc) is 2.71. The second-order valence-electron chi connectivity index (χ2n) is 5.27. The summed E-state index contributed by atoms with van der Waals surface area (Å²) in [7, 11) is 1.83. The maximum absolute atomic E-state index is 14.2. The molecule has 0 radical (unpaired) electrons. The van der Waals surface area contributed by atoms with Crippen molar-refractivity contribution in [3.05, 3.63) is 51.5 Å². The Morgan fingerprint density at radius 1 is 1.43 bits per heavy atom. The molecule has 4 nitrogen and oxygen atoms in total. The zero-order valence-corrected chi connectivity index (χ0v) is 13.7. The first-order valence-electron chi connectivity index (χ1n) is 6.69. The average molecular weight is 356 g/mol. The van der Waals surface area contributed by atoms with Crippen LogP contribution in [-0.2, 0) is 18.9 Å². The van der Waals surface area contributed by atoms with Gasteiger partial charge < -0.3 is 10.8 Å². The Labute approximate surface area is 131 Å². The lowest BCUT2D eigenvalue weighted by atomic mass is 9.77. The van der Waals surface area contributed by atoms with Crippen LogP contribution in [0.15, 0.2) is 28.7 Å². The predicted molar refractivity (Wildman–Crippen MR) is 83.6 cm³/mol. The van der Waals surface area contributed by atoms with Crippen molar-refractivity contribution in [3.8, 4) is 0 Å². The molecule has 1 aromatic heterocycles. The first-order chi connectivity index (χ1) is 9.95. The van der Waals surface area contributed by atoms with Gasteiger partial charge in [0.2, 0.25) is 0 Å². The fourth-order valence-electron chi connectivity index (χ4n) is 2.57. The molecule has 0 aliphatic heterocycles. The number of aliphatic hydroxyl groups is 1. The summed E-state index contributed by atoms with van der Waals surface area (Å²) in [5.74, 6) is -0.355. The van der Waals surface area contributed by atoms with Gasteiger partial charge in [-0.05, 0) is 34.5 Å². The number of aromatic nitrogens is 2. The van der Waals surface area contributed by atoms with Gasteiger partial charge in [0.1, 0.15) is 5.82 Å². The normalized spacial score (nSPS) is 14.2. The van der Waals surface area contributed by atoms with E-state index in [1.54, 1.807) is 22.9 Å². The van der Waals surface area contributed by atoms with Crippen molar-refractivity contribution in [2.45, 2.75) is 18.8 Å². The minimum Gasteiger partial charge on any atom is -0.395 e. The standard InChI is InChI=1S/C15H19BrFN3O/c1-10-14(16)13(20(2)19-10)7-15(8-18,9-21)11-5-3-4-6-12(11)17/h3-6,21H,7-9,18H2,1-2H3. The van der Waals surface area contributed by atoms with Crippen molar-refractivity contribution in [2.24, 2.45) is 12.8 Å². The fourth-order valence-corrected chi connectivity index (χ4v) is 3.04. The summed E-state index contributed by atoms with van der Waals surface area (Å²) in [6, 6.07) is 6.44. The van der Waals surface area contributed by atoms with Crippen LogP contribution in [0.25, 0.3) is 0 Å². The summed E-state index contributed by atoms with van der Waals surface area (Å²) in [4.78, 5) is 0. The molecule has 0 fully saturated rings. The molecule has 1 aromatic carbocycles. The molecule has 114 valence electrons. The Bertz CT molecular complexity index is 638. The third-order valence-corrected chi connectivity index (χ3v) is 4.94. The van der Waals surface area contributed by atoms with Crippen LogP contribution in [0, 0.1) is 12.7 Å². The predicted octanol–water partition coefficient (Wildman–Crippen LogP) is 2.06. The quantitative estimate of drug-likeness (QED) is 0.862. The van der Waals surface area contributed by atoms with E-state index in [9.17, 15) is 9.50 Å². The van der Waals surface area contributed by atoms with E-state index >= 15 is 0 Å². The summed E-state index contributed by atoms with van der Waals surface area (Å²) < 4.78 is 16.8. The maximum atomic E-state index is 14.2. The highest BCUT2D eigenvalue weighted by molar-refractivity contribution is 9.10. The summed E-state index contributed by atoms with van der Waals surface area (Å²) in [5.41, 5.74) is 7.20. The highest BCUT2D eigenvalue weighted by Crippen LogP contribution is 2.32. The van der Waals surface area contributed by atoms with Gasteiger partial charge in [-0.25, -0.2) is 4.39 Å². The topological polar surface area (TPSA) is 64.1 Å². The SMILES string of the molecule is Cc1nn(C)c(CC(CN)(CO)c2ccccc2F)c1Br. The van der Waals surface area contributed by atoms with Crippen LogP contribution in [0.5, 0.6) is 0 Å². The van der Waals surface area contributed by atoms with Gasteiger partial charge in [0.05, 0.1) is 22.5 Å². The molecule has 21 heavy (non-hydrogen) atoms. The summed E-state index contributed by atoms with van der Waals surface area (Å²) in [5, 5.41) is 14.2. The number of hydrogen-bond acceptors (Lipinski definition) is 3. The van der Waals surface area contributed by atoms with E-state index in [2.05, 4.69) is 21.0 Å². The van der Waals surface area contributed by atoms with Crippen LogP contribution >= 0.6 is 15.9 Å². The summed E-state index contributed by atoms with van der Waals surface area (Å²) in [6.45, 7) is 1.79. The van der Waals surface area contributed by atoms with E-state index in [-0.39, 0.29) is 19.0 Å². The zero-order chi connectivity index (χ0) is 15.6. The van der Waals surface area contributed by atoms with Crippen LogP contribution < -0.4 is 5.73 Å². The molecule has 0 bridgehead atoms. The first-order valence-corrected chi connectivity index (χ1v) is 7.48. The monoisotopic (exact) mass is 355 g/mol. The number of rotatable bonds is 5. The molecular weight excluding hydrogens is 337 g/mol. The van der Waals surface area contributed by atoms with E-state index in [1.807, 2.05) is 14.0 Å².